The smallest absolute Gasteiger partial charge is 0.310 e. The van der Waals surface area contributed by atoms with E-state index in [1.165, 1.54) is 0 Å². The minimum atomic E-state index is -1.06. The average molecular weight is 186 g/mol. The highest BCUT2D eigenvalue weighted by Crippen LogP contribution is 2.43. The second kappa shape index (κ2) is 2.70. The fraction of sp³-hybridized carbons (Fsp3) is 0.750. The summed E-state index contributed by atoms with van der Waals surface area (Å²) in [5, 5.41) is 17.6. The lowest BCUT2D eigenvalue weighted by atomic mass is 9.79. The van der Waals surface area contributed by atoms with E-state index in [1.807, 2.05) is 0 Å². The second-order valence-electron chi connectivity index (χ2n) is 3.52. The predicted octanol–water partition coefficient (Wildman–Crippen LogP) is -0.0508. The maximum absolute atomic E-state index is 10.8. The highest BCUT2D eigenvalue weighted by molar-refractivity contribution is 5.82. The topological polar surface area (TPSA) is 83.8 Å². The molecule has 2 fully saturated rings. The molecule has 2 aliphatic heterocycles. The number of carbonyl (C=O) groups is 2. The summed E-state index contributed by atoms with van der Waals surface area (Å²) in [7, 11) is 0. The zero-order chi connectivity index (χ0) is 9.59. The Kier molecular flexibility index (Phi) is 1.76. The van der Waals surface area contributed by atoms with Crippen molar-refractivity contribution in [3.05, 3.63) is 0 Å². The molecule has 2 N–H and O–H groups in total. The van der Waals surface area contributed by atoms with Crippen molar-refractivity contribution in [2.24, 2.45) is 11.8 Å². The predicted molar refractivity (Wildman–Crippen MR) is 40.1 cm³/mol. The van der Waals surface area contributed by atoms with E-state index in [2.05, 4.69) is 0 Å². The molecule has 72 valence electrons. The maximum Gasteiger partial charge on any atom is 0.310 e. The lowest BCUT2D eigenvalue weighted by molar-refractivity contribution is -0.154. The lowest BCUT2D eigenvalue weighted by Gasteiger charge is -2.20. The van der Waals surface area contributed by atoms with E-state index in [0.717, 1.165) is 0 Å². The summed E-state index contributed by atoms with van der Waals surface area (Å²) in [4.78, 5) is 21.5. The molecule has 0 aromatic heterocycles. The van der Waals surface area contributed by atoms with Crippen molar-refractivity contribution >= 4 is 11.9 Å². The van der Waals surface area contributed by atoms with Crippen LogP contribution in [-0.2, 0) is 14.3 Å². The fourth-order valence-electron chi connectivity index (χ4n) is 2.31. The number of rotatable bonds is 2. The maximum atomic E-state index is 10.8. The molecule has 2 heterocycles. The Morgan fingerprint density at radius 3 is 1.69 bits per heavy atom. The van der Waals surface area contributed by atoms with Crippen LogP contribution in [0.2, 0.25) is 0 Å². The van der Waals surface area contributed by atoms with Gasteiger partial charge in [0.25, 0.3) is 0 Å². The average Bonchev–Trinajstić information content (AvgIpc) is 2.60. The largest absolute Gasteiger partial charge is 0.481 e. The van der Waals surface area contributed by atoms with Crippen molar-refractivity contribution < 1.29 is 24.5 Å². The highest BCUT2D eigenvalue weighted by Gasteiger charge is 2.55. The molecule has 0 unspecified atom stereocenters. The van der Waals surface area contributed by atoms with Gasteiger partial charge < -0.3 is 14.9 Å². The molecule has 5 nitrogen and oxygen atoms in total. The normalized spacial score (nSPS) is 42.2. The lowest BCUT2D eigenvalue weighted by Crippen LogP contribution is -2.38. The number of carboxylic acids is 2. The van der Waals surface area contributed by atoms with Crippen LogP contribution in [-0.4, -0.2) is 34.4 Å². The molecule has 0 spiro atoms. The van der Waals surface area contributed by atoms with Gasteiger partial charge in [-0.3, -0.25) is 9.59 Å². The number of aliphatic carboxylic acids is 2. The van der Waals surface area contributed by atoms with E-state index in [0.29, 0.717) is 12.8 Å². The summed E-state index contributed by atoms with van der Waals surface area (Å²) >= 11 is 0. The molecule has 0 radical (unpaired) electrons. The number of fused-ring (bicyclic) bond motifs is 2. The van der Waals surface area contributed by atoms with Crippen LogP contribution in [0.5, 0.6) is 0 Å². The van der Waals surface area contributed by atoms with Crippen LogP contribution in [0.3, 0.4) is 0 Å². The molecule has 0 amide bonds. The summed E-state index contributed by atoms with van der Waals surface area (Å²) in [6, 6.07) is 0. The van der Waals surface area contributed by atoms with Crippen LogP contribution >= 0.6 is 0 Å². The van der Waals surface area contributed by atoms with Crippen LogP contribution in [0.25, 0.3) is 0 Å². The Balaban J connectivity index is 2.24. The van der Waals surface area contributed by atoms with E-state index in [9.17, 15) is 9.59 Å². The first-order valence-corrected chi connectivity index (χ1v) is 4.22. The van der Waals surface area contributed by atoms with E-state index in [-0.39, 0.29) is 12.2 Å². The number of hydrogen-bond donors (Lipinski definition) is 2. The van der Waals surface area contributed by atoms with Gasteiger partial charge in [0.1, 0.15) is 0 Å². The number of ether oxygens (including phenoxy) is 1. The van der Waals surface area contributed by atoms with Crippen molar-refractivity contribution in [1.29, 1.82) is 0 Å². The van der Waals surface area contributed by atoms with Gasteiger partial charge in [0.15, 0.2) is 0 Å². The van der Waals surface area contributed by atoms with Crippen LogP contribution in [0.1, 0.15) is 12.8 Å². The molecule has 0 saturated carbocycles. The first-order chi connectivity index (χ1) is 6.11. The summed E-state index contributed by atoms with van der Waals surface area (Å²) in [5.74, 6) is -3.81. The summed E-state index contributed by atoms with van der Waals surface area (Å²) in [5.41, 5.74) is 0. The Morgan fingerprint density at radius 2 is 1.38 bits per heavy atom. The van der Waals surface area contributed by atoms with Gasteiger partial charge in [0.05, 0.1) is 24.0 Å². The van der Waals surface area contributed by atoms with Gasteiger partial charge in [-0.1, -0.05) is 0 Å². The molecule has 13 heavy (non-hydrogen) atoms. The molecule has 2 bridgehead atoms. The Hall–Kier alpha value is -1.10. The quantitative estimate of drug-likeness (QED) is 0.631. The van der Waals surface area contributed by atoms with Gasteiger partial charge in [-0.2, -0.15) is 0 Å². The molecule has 0 aromatic rings. The molecular weight excluding hydrogens is 176 g/mol. The molecule has 0 aromatic carbocycles. The van der Waals surface area contributed by atoms with E-state index >= 15 is 0 Å². The van der Waals surface area contributed by atoms with Crippen molar-refractivity contribution in [3.8, 4) is 0 Å². The van der Waals surface area contributed by atoms with Crippen molar-refractivity contribution in [1.82, 2.24) is 0 Å². The number of carboxylic acid groups (broad SMARTS) is 2. The van der Waals surface area contributed by atoms with Gasteiger partial charge in [-0.15, -0.1) is 0 Å². The van der Waals surface area contributed by atoms with Gasteiger partial charge in [-0.25, -0.2) is 0 Å². The first-order valence-electron chi connectivity index (χ1n) is 4.22. The minimum Gasteiger partial charge on any atom is -0.481 e. The van der Waals surface area contributed by atoms with Gasteiger partial charge >= 0.3 is 11.9 Å². The van der Waals surface area contributed by atoms with Crippen LogP contribution < -0.4 is 0 Å². The van der Waals surface area contributed by atoms with E-state index < -0.39 is 23.8 Å². The molecule has 0 aliphatic carbocycles. The second-order valence-corrected chi connectivity index (χ2v) is 3.52. The van der Waals surface area contributed by atoms with Crippen LogP contribution in [0.4, 0.5) is 0 Å². The Labute approximate surface area is 74.3 Å². The zero-order valence-corrected chi connectivity index (χ0v) is 6.84. The van der Waals surface area contributed by atoms with Crippen LogP contribution in [0, 0.1) is 11.8 Å². The summed E-state index contributed by atoms with van der Waals surface area (Å²) in [6.45, 7) is 0. The minimum absolute atomic E-state index is 0.386. The standard InChI is InChI=1S/C8H10O5/c9-7(10)5-3-1-2-4(13-3)6(5)8(11)12/h3-6H,1-2H2,(H,9,10)(H,11,12)/t3-,4+,5-,6-/m0/s1. The zero-order valence-electron chi connectivity index (χ0n) is 6.84. The molecule has 4 atom stereocenters. The fourth-order valence-corrected chi connectivity index (χ4v) is 2.31. The molecule has 2 rings (SSSR count). The summed E-state index contributed by atoms with van der Waals surface area (Å²) in [6.07, 6.45) is 0.573. The Bertz CT molecular complexity index is 235. The molecule has 2 saturated heterocycles. The van der Waals surface area contributed by atoms with E-state index in [1.54, 1.807) is 0 Å². The highest BCUT2D eigenvalue weighted by atomic mass is 16.5. The first kappa shape index (κ1) is 8.50. The van der Waals surface area contributed by atoms with E-state index in [4.69, 9.17) is 14.9 Å². The van der Waals surface area contributed by atoms with Crippen molar-refractivity contribution in [2.45, 2.75) is 25.0 Å². The van der Waals surface area contributed by atoms with Gasteiger partial charge in [-0.05, 0) is 12.8 Å². The Morgan fingerprint density at radius 1 is 1.00 bits per heavy atom. The molecule has 2 aliphatic rings. The van der Waals surface area contributed by atoms with Crippen molar-refractivity contribution in [2.75, 3.05) is 0 Å². The van der Waals surface area contributed by atoms with Crippen LogP contribution in [0.15, 0.2) is 0 Å². The number of hydrogen-bond acceptors (Lipinski definition) is 3. The van der Waals surface area contributed by atoms with Gasteiger partial charge in [0, 0.05) is 0 Å². The third-order valence-corrected chi connectivity index (χ3v) is 2.84. The van der Waals surface area contributed by atoms with Gasteiger partial charge in [0.2, 0.25) is 0 Å². The third-order valence-electron chi connectivity index (χ3n) is 2.84. The molecular formula is C8H10O5. The third kappa shape index (κ3) is 1.11. The van der Waals surface area contributed by atoms with Crippen molar-refractivity contribution in [3.63, 3.8) is 0 Å². The molecule has 5 heteroatoms. The monoisotopic (exact) mass is 186 g/mol. The summed E-state index contributed by atoms with van der Waals surface area (Å²) < 4.78 is 5.26. The SMILES string of the molecule is O=C(O)[C@@H]1[C@@H](C(=O)O)[C@H]2CC[C@@H]1O2.